The minimum Gasteiger partial charge on any atom is -0.350 e. The van der Waals surface area contributed by atoms with Gasteiger partial charge in [0.1, 0.15) is 5.69 Å². The number of hydrogen-bond donors (Lipinski definition) is 1. The number of nitrogens with one attached hydrogen (secondary N) is 1. The quantitative estimate of drug-likeness (QED) is 0.834. The molecule has 3 nitrogen and oxygen atoms in total. The highest BCUT2D eigenvalue weighted by Gasteiger charge is 2.22. The van der Waals surface area contributed by atoms with Crippen molar-refractivity contribution in [1.29, 1.82) is 0 Å². The lowest BCUT2D eigenvalue weighted by molar-refractivity contribution is 0.0718. The molecule has 1 N–H and O–H groups in total. The van der Waals surface area contributed by atoms with Crippen molar-refractivity contribution in [3.8, 4) is 0 Å². The van der Waals surface area contributed by atoms with Crippen LogP contribution in [0.15, 0.2) is 18.2 Å². The number of piperidine rings is 1. The number of nitrogens with zero attached hydrogens (tertiary/aromatic N) is 1. The van der Waals surface area contributed by atoms with Crippen LogP contribution in [0.2, 0.25) is 0 Å². The minimum atomic E-state index is 0.158. The molecule has 1 aromatic heterocycles. The van der Waals surface area contributed by atoms with E-state index in [4.69, 9.17) is 0 Å². The van der Waals surface area contributed by atoms with Crippen LogP contribution in [0.1, 0.15) is 40.9 Å². The fraction of sp³-hybridized carbons (Fsp3) is 0.438. The number of H-pyrrole nitrogens is 1. The van der Waals surface area contributed by atoms with Crippen LogP contribution in [0.5, 0.6) is 0 Å². The van der Waals surface area contributed by atoms with E-state index in [1.807, 2.05) is 11.8 Å². The maximum Gasteiger partial charge on any atom is 0.270 e. The molecule has 2 aromatic rings. The van der Waals surface area contributed by atoms with E-state index in [0.717, 1.165) is 48.1 Å². The van der Waals surface area contributed by atoms with Crippen LogP contribution in [-0.2, 0) is 0 Å². The standard InChI is InChI=1S/C16H20N2O/c1-11-6-7-13-12(2)15(17-14(13)10-11)16(19)18-8-4-3-5-9-18/h6-7,10,17H,3-5,8-9H2,1-2H3. The van der Waals surface area contributed by atoms with Gasteiger partial charge in [0.05, 0.1) is 0 Å². The van der Waals surface area contributed by atoms with Gasteiger partial charge >= 0.3 is 0 Å². The molecular formula is C16H20N2O. The molecule has 19 heavy (non-hydrogen) atoms. The van der Waals surface area contributed by atoms with Gasteiger partial charge in [-0.05, 0) is 50.3 Å². The number of aromatic nitrogens is 1. The average molecular weight is 256 g/mol. The first-order chi connectivity index (χ1) is 9.16. The van der Waals surface area contributed by atoms with E-state index in [2.05, 4.69) is 30.1 Å². The van der Waals surface area contributed by atoms with Gasteiger partial charge in [0, 0.05) is 24.0 Å². The van der Waals surface area contributed by atoms with Gasteiger partial charge in [0.2, 0.25) is 0 Å². The molecule has 1 aliphatic rings. The van der Waals surface area contributed by atoms with Crippen molar-refractivity contribution in [1.82, 2.24) is 9.88 Å². The zero-order valence-corrected chi connectivity index (χ0v) is 11.6. The summed E-state index contributed by atoms with van der Waals surface area (Å²) in [5.74, 6) is 0.158. The summed E-state index contributed by atoms with van der Waals surface area (Å²) in [5.41, 5.74) is 4.12. The smallest absolute Gasteiger partial charge is 0.270 e. The van der Waals surface area contributed by atoms with Crippen LogP contribution in [-0.4, -0.2) is 28.9 Å². The molecule has 0 saturated carbocycles. The first-order valence-electron chi connectivity index (χ1n) is 7.05. The number of aromatic amines is 1. The lowest BCUT2D eigenvalue weighted by Gasteiger charge is -2.26. The lowest BCUT2D eigenvalue weighted by Crippen LogP contribution is -2.36. The molecule has 1 saturated heterocycles. The Bertz CT molecular complexity index is 621. The Morgan fingerprint density at radius 1 is 1.16 bits per heavy atom. The highest BCUT2D eigenvalue weighted by Crippen LogP contribution is 2.24. The number of carbonyl (C=O) groups excluding carboxylic acids is 1. The fourth-order valence-corrected chi connectivity index (χ4v) is 2.92. The Morgan fingerprint density at radius 2 is 1.89 bits per heavy atom. The number of rotatable bonds is 1. The van der Waals surface area contributed by atoms with Gasteiger partial charge in [-0.3, -0.25) is 4.79 Å². The second-order valence-electron chi connectivity index (χ2n) is 5.53. The van der Waals surface area contributed by atoms with Crippen molar-refractivity contribution >= 4 is 16.8 Å². The number of carbonyl (C=O) groups is 1. The topological polar surface area (TPSA) is 36.1 Å². The van der Waals surface area contributed by atoms with Gasteiger partial charge in [-0.1, -0.05) is 12.1 Å². The second kappa shape index (κ2) is 4.72. The van der Waals surface area contributed by atoms with Crippen LogP contribution in [0.4, 0.5) is 0 Å². The number of hydrogen-bond acceptors (Lipinski definition) is 1. The Balaban J connectivity index is 2.00. The molecule has 1 aromatic carbocycles. The van der Waals surface area contributed by atoms with E-state index in [1.165, 1.54) is 12.0 Å². The maximum atomic E-state index is 12.6. The molecule has 0 unspecified atom stereocenters. The van der Waals surface area contributed by atoms with Gasteiger partial charge < -0.3 is 9.88 Å². The number of aryl methyl sites for hydroxylation is 2. The number of benzene rings is 1. The molecule has 0 atom stereocenters. The van der Waals surface area contributed by atoms with Crippen molar-refractivity contribution in [2.75, 3.05) is 13.1 Å². The molecule has 0 bridgehead atoms. The summed E-state index contributed by atoms with van der Waals surface area (Å²) in [6.45, 7) is 5.90. The average Bonchev–Trinajstić information content (AvgIpc) is 2.75. The molecule has 0 spiro atoms. The van der Waals surface area contributed by atoms with Crippen molar-refractivity contribution in [2.24, 2.45) is 0 Å². The van der Waals surface area contributed by atoms with Crippen molar-refractivity contribution < 1.29 is 4.79 Å². The van der Waals surface area contributed by atoms with Gasteiger partial charge in [0.15, 0.2) is 0 Å². The van der Waals surface area contributed by atoms with E-state index in [1.54, 1.807) is 0 Å². The predicted octanol–water partition coefficient (Wildman–Crippen LogP) is 3.41. The first-order valence-corrected chi connectivity index (χ1v) is 7.05. The van der Waals surface area contributed by atoms with Crippen LogP contribution in [0.25, 0.3) is 10.9 Å². The monoisotopic (exact) mass is 256 g/mol. The molecular weight excluding hydrogens is 236 g/mol. The number of amides is 1. The molecule has 1 aliphatic heterocycles. The summed E-state index contributed by atoms with van der Waals surface area (Å²) >= 11 is 0. The molecule has 1 fully saturated rings. The highest BCUT2D eigenvalue weighted by molar-refractivity contribution is 6.01. The molecule has 0 radical (unpaired) electrons. The SMILES string of the molecule is Cc1ccc2c(C)c(C(=O)N3CCCCC3)[nH]c2c1. The second-order valence-corrected chi connectivity index (χ2v) is 5.53. The number of likely N-dealkylation sites (tertiary alicyclic amines) is 1. The van der Waals surface area contributed by atoms with Crippen LogP contribution >= 0.6 is 0 Å². The summed E-state index contributed by atoms with van der Waals surface area (Å²) < 4.78 is 0. The summed E-state index contributed by atoms with van der Waals surface area (Å²) in [6.07, 6.45) is 3.50. The minimum absolute atomic E-state index is 0.158. The van der Waals surface area contributed by atoms with E-state index >= 15 is 0 Å². The van der Waals surface area contributed by atoms with Gasteiger partial charge in [-0.15, -0.1) is 0 Å². The van der Waals surface area contributed by atoms with E-state index in [-0.39, 0.29) is 5.91 Å². The first kappa shape index (κ1) is 12.3. The molecule has 0 aliphatic carbocycles. The zero-order chi connectivity index (χ0) is 13.4. The molecule has 3 rings (SSSR count). The zero-order valence-electron chi connectivity index (χ0n) is 11.6. The van der Waals surface area contributed by atoms with E-state index in [0.29, 0.717) is 0 Å². The summed E-state index contributed by atoms with van der Waals surface area (Å²) in [4.78, 5) is 17.9. The lowest BCUT2D eigenvalue weighted by atomic mass is 10.1. The third-order valence-corrected chi connectivity index (χ3v) is 4.07. The largest absolute Gasteiger partial charge is 0.350 e. The predicted molar refractivity (Wildman–Crippen MR) is 77.5 cm³/mol. The third kappa shape index (κ3) is 2.14. The molecule has 2 heterocycles. The number of fused-ring (bicyclic) bond motifs is 1. The summed E-state index contributed by atoms with van der Waals surface area (Å²) in [5, 5.41) is 1.16. The van der Waals surface area contributed by atoms with Crippen LogP contribution in [0, 0.1) is 13.8 Å². The van der Waals surface area contributed by atoms with Gasteiger partial charge in [-0.2, -0.15) is 0 Å². The summed E-state index contributed by atoms with van der Waals surface area (Å²) in [6, 6.07) is 6.30. The van der Waals surface area contributed by atoms with E-state index < -0.39 is 0 Å². The van der Waals surface area contributed by atoms with Crippen molar-refractivity contribution in [2.45, 2.75) is 33.1 Å². The Kier molecular flexibility index (Phi) is 3.05. The fourth-order valence-electron chi connectivity index (χ4n) is 2.92. The van der Waals surface area contributed by atoms with Gasteiger partial charge in [0.25, 0.3) is 5.91 Å². The highest BCUT2D eigenvalue weighted by atomic mass is 16.2. The third-order valence-electron chi connectivity index (χ3n) is 4.07. The normalized spacial score (nSPS) is 16.0. The van der Waals surface area contributed by atoms with Crippen molar-refractivity contribution in [3.05, 3.63) is 35.0 Å². The summed E-state index contributed by atoms with van der Waals surface area (Å²) in [7, 11) is 0. The van der Waals surface area contributed by atoms with E-state index in [9.17, 15) is 4.79 Å². The maximum absolute atomic E-state index is 12.6. The Hall–Kier alpha value is -1.77. The van der Waals surface area contributed by atoms with Crippen molar-refractivity contribution in [3.63, 3.8) is 0 Å². The molecule has 1 amide bonds. The molecule has 100 valence electrons. The Morgan fingerprint density at radius 3 is 2.63 bits per heavy atom. The molecule has 3 heteroatoms. The Labute approximate surface area is 113 Å². The van der Waals surface area contributed by atoms with Crippen LogP contribution in [0.3, 0.4) is 0 Å². The van der Waals surface area contributed by atoms with Gasteiger partial charge in [-0.25, -0.2) is 0 Å². The van der Waals surface area contributed by atoms with Crippen LogP contribution < -0.4 is 0 Å².